The molecule has 0 aromatic heterocycles. The van der Waals surface area contributed by atoms with Gasteiger partial charge in [0.05, 0.1) is 5.41 Å². The van der Waals surface area contributed by atoms with Crippen molar-refractivity contribution in [1.29, 1.82) is 0 Å². The van der Waals surface area contributed by atoms with Crippen LogP contribution in [0.25, 0.3) is 0 Å². The van der Waals surface area contributed by atoms with E-state index >= 15 is 0 Å². The van der Waals surface area contributed by atoms with Gasteiger partial charge in [0.25, 0.3) is 0 Å². The van der Waals surface area contributed by atoms with E-state index in [1.807, 2.05) is 13.8 Å². The third kappa shape index (κ3) is 4.43. The molecule has 0 bridgehead atoms. The topological polar surface area (TPSA) is 55.1 Å². The molecule has 0 atom stereocenters. The number of nitrogens with one attached hydrogen (secondary N) is 1. The predicted molar refractivity (Wildman–Crippen MR) is 68.1 cm³/mol. The van der Waals surface area contributed by atoms with Gasteiger partial charge in [-0.2, -0.15) is 11.8 Å². The first-order valence-electron chi connectivity index (χ1n) is 5.64. The minimum atomic E-state index is -0.348. The summed E-state index contributed by atoms with van der Waals surface area (Å²) in [6, 6.07) is 0. The average molecular weight is 232 g/mol. The number of rotatable bonds is 8. The van der Waals surface area contributed by atoms with Gasteiger partial charge in [0, 0.05) is 13.1 Å². The third-order valence-corrected chi connectivity index (χ3v) is 3.73. The van der Waals surface area contributed by atoms with Crippen molar-refractivity contribution in [3.05, 3.63) is 0 Å². The van der Waals surface area contributed by atoms with Crippen LogP contribution in [0.2, 0.25) is 0 Å². The SMILES string of the molecule is CCC(CC)(CN)C(=O)NCCCSC. The standard InChI is InChI=1S/C11H24N2OS/c1-4-11(5-2,9-12)10(14)13-7-6-8-15-3/h4-9,12H2,1-3H3,(H,13,14). The molecule has 0 saturated carbocycles. The van der Waals surface area contributed by atoms with Gasteiger partial charge < -0.3 is 11.1 Å². The van der Waals surface area contributed by atoms with Crippen LogP contribution < -0.4 is 11.1 Å². The van der Waals surface area contributed by atoms with Crippen LogP contribution >= 0.6 is 11.8 Å². The van der Waals surface area contributed by atoms with Crippen molar-refractivity contribution in [3.8, 4) is 0 Å². The molecule has 0 aromatic carbocycles. The fourth-order valence-corrected chi connectivity index (χ4v) is 1.99. The van der Waals surface area contributed by atoms with Crippen LogP contribution in [0, 0.1) is 5.41 Å². The zero-order valence-electron chi connectivity index (χ0n) is 10.1. The summed E-state index contributed by atoms with van der Waals surface area (Å²) >= 11 is 1.80. The van der Waals surface area contributed by atoms with Crippen LogP contribution in [0.4, 0.5) is 0 Å². The molecule has 0 rings (SSSR count). The first-order chi connectivity index (χ1) is 7.16. The maximum absolute atomic E-state index is 11.9. The summed E-state index contributed by atoms with van der Waals surface area (Å²) in [5.74, 6) is 1.21. The second-order valence-electron chi connectivity index (χ2n) is 3.79. The Balaban J connectivity index is 4.04. The van der Waals surface area contributed by atoms with Gasteiger partial charge in [-0.05, 0) is 31.3 Å². The monoisotopic (exact) mass is 232 g/mol. The lowest BCUT2D eigenvalue weighted by Gasteiger charge is -2.28. The summed E-state index contributed by atoms with van der Waals surface area (Å²) in [5.41, 5.74) is 5.35. The molecule has 0 radical (unpaired) electrons. The third-order valence-electron chi connectivity index (χ3n) is 3.04. The second-order valence-corrected chi connectivity index (χ2v) is 4.78. The molecule has 3 N–H and O–H groups in total. The molecule has 15 heavy (non-hydrogen) atoms. The maximum atomic E-state index is 11.9. The summed E-state index contributed by atoms with van der Waals surface area (Å²) in [7, 11) is 0. The Kier molecular flexibility index (Phi) is 7.88. The Labute approximate surface area is 97.6 Å². The summed E-state index contributed by atoms with van der Waals surface area (Å²) in [5, 5.41) is 2.98. The Morgan fingerprint density at radius 2 is 2.00 bits per heavy atom. The van der Waals surface area contributed by atoms with Gasteiger partial charge in [0.15, 0.2) is 0 Å². The molecule has 0 unspecified atom stereocenters. The number of carbonyl (C=O) groups is 1. The zero-order chi connectivity index (χ0) is 11.7. The molecule has 0 aliphatic rings. The molecule has 90 valence electrons. The largest absolute Gasteiger partial charge is 0.356 e. The summed E-state index contributed by atoms with van der Waals surface area (Å²) < 4.78 is 0. The van der Waals surface area contributed by atoms with E-state index < -0.39 is 0 Å². The average Bonchev–Trinajstić information content (AvgIpc) is 2.28. The van der Waals surface area contributed by atoms with E-state index in [1.165, 1.54) is 0 Å². The molecular formula is C11H24N2OS. The van der Waals surface area contributed by atoms with E-state index in [1.54, 1.807) is 11.8 Å². The Bertz CT molecular complexity index is 173. The van der Waals surface area contributed by atoms with Gasteiger partial charge in [0.2, 0.25) is 5.91 Å². The summed E-state index contributed by atoms with van der Waals surface area (Å²) in [6.45, 7) is 5.26. The highest BCUT2D eigenvalue weighted by Gasteiger charge is 2.32. The van der Waals surface area contributed by atoms with Crippen LogP contribution in [0.15, 0.2) is 0 Å². The maximum Gasteiger partial charge on any atom is 0.227 e. The van der Waals surface area contributed by atoms with E-state index in [0.717, 1.165) is 31.6 Å². The number of thioether (sulfide) groups is 1. The van der Waals surface area contributed by atoms with E-state index in [9.17, 15) is 4.79 Å². The summed E-state index contributed by atoms with van der Waals surface area (Å²) in [6.07, 6.45) is 4.73. The van der Waals surface area contributed by atoms with Crippen molar-refractivity contribution >= 4 is 17.7 Å². The minimum Gasteiger partial charge on any atom is -0.356 e. The first kappa shape index (κ1) is 14.8. The Morgan fingerprint density at radius 1 is 1.40 bits per heavy atom. The van der Waals surface area contributed by atoms with Gasteiger partial charge in [0.1, 0.15) is 0 Å². The van der Waals surface area contributed by atoms with Crippen LogP contribution in [0.5, 0.6) is 0 Å². The van der Waals surface area contributed by atoms with Gasteiger partial charge in [-0.1, -0.05) is 13.8 Å². The van der Waals surface area contributed by atoms with Crippen LogP contribution in [0.3, 0.4) is 0 Å². The molecular weight excluding hydrogens is 208 g/mol. The first-order valence-corrected chi connectivity index (χ1v) is 7.03. The van der Waals surface area contributed by atoms with Crippen molar-refractivity contribution in [1.82, 2.24) is 5.32 Å². The van der Waals surface area contributed by atoms with Crippen molar-refractivity contribution in [3.63, 3.8) is 0 Å². The second kappa shape index (κ2) is 7.99. The Hall–Kier alpha value is -0.220. The molecule has 0 saturated heterocycles. The highest BCUT2D eigenvalue weighted by molar-refractivity contribution is 7.98. The van der Waals surface area contributed by atoms with Crippen molar-refractivity contribution in [2.45, 2.75) is 33.1 Å². The molecule has 0 spiro atoms. The number of nitrogens with two attached hydrogens (primary N) is 1. The molecule has 4 heteroatoms. The van der Waals surface area contributed by atoms with Crippen molar-refractivity contribution in [2.24, 2.45) is 11.1 Å². The lowest BCUT2D eigenvalue weighted by Crippen LogP contribution is -2.45. The minimum absolute atomic E-state index is 0.121. The molecule has 0 heterocycles. The van der Waals surface area contributed by atoms with Gasteiger partial charge in [-0.3, -0.25) is 4.79 Å². The van der Waals surface area contributed by atoms with E-state index in [2.05, 4.69) is 11.6 Å². The van der Waals surface area contributed by atoms with Gasteiger partial charge in [-0.25, -0.2) is 0 Å². The van der Waals surface area contributed by atoms with Crippen molar-refractivity contribution < 1.29 is 4.79 Å². The van der Waals surface area contributed by atoms with E-state index in [0.29, 0.717) is 6.54 Å². The normalized spacial score (nSPS) is 11.5. The lowest BCUT2D eigenvalue weighted by molar-refractivity contribution is -0.131. The quantitative estimate of drug-likeness (QED) is 0.625. The van der Waals surface area contributed by atoms with Crippen LogP contribution in [-0.2, 0) is 4.79 Å². The van der Waals surface area contributed by atoms with E-state index in [-0.39, 0.29) is 11.3 Å². The molecule has 0 aliphatic heterocycles. The lowest BCUT2D eigenvalue weighted by atomic mass is 9.81. The van der Waals surface area contributed by atoms with Crippen LogP contribution in [-0.4, -0.2) is 31.0 Å². The van der Waals surface area contributed by atoms with Crippen molar-refractivity contribution in [2.75, 3.05) is 25.1 Å². The summed E-state index contributed by atoms with van der Waals surface area (Å²) in [4.78, 5) is 11.9. The van der Waals surface area contributed by atoms with Gasteiger partial charge >= 0.3 is 0 Å². The zero-order valence-corrected chi connectivity index (χ0v) is 11.0. The number of amides is 1. The number of hydrogen-bond donors (Lipinski definition) is 2. The molecule has 0 aliphatic carbocycles. The molecule has 3 nitrogen and oxygen atoms in total. The number of carbonyl (C=O) groups excluding carboxylic acids is 1. The highest BCUT2D eigenvalue weighted by Crippen LogP contribution is 2.24. The predicted octanol–water partition coefficient (Wildman–Crippen LogP) is 1.62. The van der Waals surface area contributed by atoms with E-state index in [4.69, 9.17) is 5.73 Å². The molecule has 1 amide bonds. The smallest absolute Gasteiger partial charge is 0.227 e. The highest BCUT2D eigenvalue weighted by atomic mass is 32.2. The Morgan fingerprint density at radius 3 is 2.40 bits per heavy atom. The van der Waals surface area contributed by atoms with Gasteiger partial charge in [-0.15, -0.1) is 0 Å². The molecule has 0 fully saturated rings. The fraction of sp³-hybridized carbons (Fsp3) is 0.909. The fourth-order valence-electron chi connectivity index (χ4n) is 1.56. The molecule has 0 aromatic rings. The van der Waals surface area contributed by atoms with Crippen LogP contribution in [0.1, 0.15) is 33.1 Å². The number of hydrogen-bond acceptors (Lipinski definition) is 3.